The molecule has 21 heavy (non-hydrogen) atoms. The molecule has 3 rings (SSSR count). The number of hydrogen-bond acceptors (Lipinski definition) is 4. The van der Waals surface area contributed by atoms with E-state index >= 15 is 0 Å². The molecule has 0 saturated heterocycles. The maximum atomic E-state index is 12.3. The quantitative estimate of drug-likeness (QED) is 0.800. The van der Waals surface area contributed by atoms with Crippen LogP contribution in [0.3, 0.4) is 0 Å². The minimum absolute atomic E-state index is 0.179. The summed E-state index contributed by atoms with van der Waals surface area (Å²) in [7, 11) is 1.59. The van der Waals surface area contributed by atoms with E-state index in [0.717, 1.165) is 10.8 Å². The van der Waals surface area contributed by atoms with Gasteiger partial charge in [-0.25, -0.2) is 0 Å². The van der Waals surface area contributed by atoms with Gasteiger partial charge in [-0.05, 0) is 24.3 Å². The molecular weight excluding hydrogens is 266 g/mol. The van der Waals surface area contributed by atoms with Crippen LogP contribution in [0.25, 0.3) is 10.8 Å². The normalized spacial score (nSPS) is 10.3. The molecule has 0 aliphatic carbocycles. The Bertz CT molecular complexity index is 802. The van der Waals surface area contributed by atoms with Crippen LogP contribution in [0, 0.1) is 0 Å². The van der Waals surface area contributed by atoms with Gasteiger partial charge in [0.2, 0.25) is 0 Å². The lowest BCUT2D eigenvalue weighted by Crippen LogP contribution is -2.11. The Hall–Kier alpha value is -2.95. The number of hydrogen-bond donors (Lipinski definition) is 1. The molecule has 1 heterocycles. The van der Waals surface area contributed by atoms with E-state index in [4.69, 9.17) is 4.74 Å². The first-order chi connectivity index (χ1) is 10.3. The third kappa shape index (κ3) is 2.81. The molecule has 0 radical (unpaired) electrons. The van der Waals surface area contributed by atoms with Crippen LogP contribution >= 0.6 is 0 Å². The predicted molar refractivity (Wildman–Crippen MR) is 80.5 cm³/mol. The summed E-state index contributed by atoms with van der Waals surface area (Å²) < 4.78 is 5.13. The molecule has 104 valence electrons. The van der Waals surface area contributed by atoms with E-state index in [9.17, 15) is 4.79 Å². The predicted octanol–water partition coefficient (Wildman–Crippen LogP) is 2.89. The van der Waals surface area contributed by atoms with Crippen LogP contribution in [0.1, 0.15) is 10.4 Å². The largest absolute Gasteiger partial charge is 0.497 e. The zero-order chi connectivity index (χ0) is 14.7. The standard InChI is InChI=1S/C16H13N3O2/c1-21-15-4-2-3-14(8-15)19-16(20)11-5-6-12-9-17-18-10-13(12)7-11/h2-10H,1H3,(H,19,20). The fraction of sp³-hybridized carbons (Fsp3) is 0.0625. The Morgan fingerprint density at radius 1 is 1.05 bits per heavy atom. The van der Waals surface area contributed by atoms with Gasteiger partial charge in [-0.1, -0.05) is 12.1 Å². The summed E-state index contributed by atoms with van der Waals surface area (Å²) >= 11 is 0. The first-order valence-corrected chi connectivity index (χ1v) is 6.42. The SMILES string of the molecule is COc1cccc(NC(=O)c2ccc3cnncc3c2)c1. The summed E-state index contributed by atoms with van der Waals surface area (Å²) in [4.78, 5) is 12.3. The molecule has 0 fully saturated rings. The van der Waals surface area contributed by atoms with E-state index in [-0.39, 0.29) is 5.91 Å². The highest BCUT2D eigenvalue weighted by atomic mass is 16.5. The van der Waals surface area contributed by atoms with Crippen LogP contribution in [0.5, 0.6) is 5.75 Å². The number of carbonyl (C=O) groups excluding carboxylic acids is 1. The van der Waals surface area contributed by atoms with Crippen LogP contribution in [-0.2, 0) is 0 Å². The molecule has 1 aromatic heterocycles. The number of anilines is 1. The Morgan fingerprint density at radius 2 is 1.86 bits per heavy atom. The third-order valence-corrected chi connectivity index (χ3v) is 3.14. The number of nitrogens with one attached hydrogen (secondary N) is 1. The fourth-order valence-electron chi connectivity index (χ4n) is 2.04. The zero-order valence-corrected chi connectivity index (χ0v) is 11.4. The molecule has 5 nitrogen and oxygen atoms in total. The van der Waals surface area contributed by atoms with Crippen molar-refractivity contribution in [1.82, 2.24) is 10.2 Å². The Balaban J connectivity index is 1.86. The van der Waals surface area contributed by atoms with Gasteiger partial charge in [0.15, 0.2) is 0 Å². The van der Waals surface area contributed by atoms with Crippen LogP contribution in [-0.4, -0.2) is 23.2 Å². The van der Waals surface area contributed by atoms with Crippen molar-refractivity contribution >= 4 is 22.4 Å². The van der Waals surface area contributed by atoms with E-state index in [1.54, 1.807) is 37.7 Å². The summed E-state index contributed by atoms with van der Waals surface area (Å²) in [6.45, 7) is 0. The Labute approximate surface area is 121 Å². The molecule has 3 aromatic rings. The van der Waals surface area contributed by atoms with Crippen LogP contribution < -0.4 is 10.1 Å². The highest BCUT2D eigenvalue weighted by molar-refractivity contribution is 6.06. The minimum atomic E-state index is -0.179. The topological polar surface area (TPSA) is 64.1 Å². The van der Waals surface area contributed by atoms with Gasteiger partial charge in [-0.15, -0.1) is 0 Å². The van der Waals surface area contributed by atoms with E-state index in [0.29, 0.717) is 17.0 Å². The second-order valence-electron chi connectivity index (χ2n) is 4.52. The van der Waals surface area contributed by atoms with Crippen LogP contribution in [0.15, 0.2) is 54.9 Å². The maximum Gasteiger partial charge on any atom is 0.255 e. The Morgan fingerprint density at radius 3 is 2.67 bits per heavy atom. The van der Waals surface area contributed by atoms with Crippen LogP contribution in [0.4, 0.5) is 5.69 Å². The summed E-state index contributed by atoms with van der Waals surface area (Å²) in [6.07, 6.45) is 3.30. The van der Waals surface area contributed by atoms with Crippen molar-refractivity contribution in [1.29, 1.82) is 0 Å². The number of fused-ring (bicyclic) bond motifs is 1. The first kappa shape index (κ1) is 13.1. The number of rotatable bonds is 3. The number of carbonyl (C=O) groups is 1. The molecule has 0 saturated carbocycles. The molecular formula is C16H13N3O2. The summed E-state index contributed by atoms with van der Waals surface area (Å²) in [5, 5.41) is 12.3. The minimum Gasteiger partial charge on any atom is -0.497 e. The lowest BCUT2D eigenvalue weighted by Gasteiger charge is -2.07. The first-order valence-electron chi connectivity index (χ1n) is 6.42. The molecule has 0 atom stereocenters. The Kier molecular flexibility index (Phi) is 3.47. The molecule has 1 amide bonds. The highest BCUT2D eigenvalue weighted by Gasteiger charge is 2.07. The van der Waals surface area contributed by atoms with E-state index < -0.39 is 0 Å². The van der Waals surface area contributed by atoms with Crippen LogP contribution in [0.2, 0.25) is 0 Å². The molecule has 2 aromatic carbocycles. The van der Waals surface area contributed by atoms with Gasteiger partial charge in [-0.2, -0.15) is 10.2 Å². The van der Waals surface area contributed by atoms with Crippen molar-refractivity contribution in [2.75, 3.05) is 12.4 Å². The van der Waals surface area contributed by atoms with Gasteiger partial charge in [0.05, 0.1) is 19.5 Å². The molecule has 1 N–H and O–H groups in total. The van der Waals surface area contributed by atoms with E-state index in [1.165, 1.54) is 0 Å². The molecule has 0 aliphatic rings. The molecule has 0 bridgehead atoms. The van der Waals surface area contributed by atoms with Gasteiger partial charge < -0.3 is 10.1 Å². The van der Waals surface area contributed by atoms with Gasteiger partial charge >= 0.3 is 0 Å². The number of amides is 1. The van der Waals surface area contributed by atoms with E-state index in [1.807, 2.05) is 24.3 Å². The van der Waals surface area contributed by atoms with Gasteiger partial charge in [0, 0.05) is 28.1 Å². The molecule has 0 unspecified atom stereocenters. The zero-order valence-electron chi connectivity index (χ0n) is 11.4. The van der Waals surface area contributed by atoms with Crippen molar-refractivity contribution in [2.24, 2.45) is 0 Å². The molecule has 0 aliphatic heterocycles. The summed E-state index contributed by atoms with van der Waals surface area (Å²) in [5.74, 6) is 0.517. The van der Waals surface area contributed by atoms with Crippen molar-refractivity contribution in [3.05, 3.63) is 60.4 Å². The van der Waals surface area contributed by atoms with Crippen molar-refractivity contribution in [3.63, 3.8) is 0 Å². The summed E-state index contributed by atoms with van der Waals surface area (Å²) in [6, 6.07) is 12.6. The number of nitrogens with zero attached hydrogens (tertiary/aromatic N) is 2. The lowest BCUT2D eigenvalue weighted by molar-refractivity contribution is 0.102. The van der Waals surface area contributed by atoms with Crippen molar-refractivity contribution in [3.8, 4) is 5.75 Å². The monoisotopic (exact) mass is 279 g/mol. The fourth-order valence-corrected chi connectivity index (χ4v) is 2.04. The number of methoxy groups -OCH3 is 1. The van der Waals surface area contributed by atoms with E-state index in [2.05, 4.69) is 15.5 Å². The summed E-state index contributed by atoms with van der Waals surface area (Å²) in [5.41, 5.74) is 1.26. The average molecular weight is 279 g/mol. The highest BCUT2D eigenvalue weighted by Crippen LogP contribution is 2.19. The average Bonchev–Trinajstić information content (AvgIpc) is 2.54. The third-order valence-electron chi connectivity index (χ3n) is 3.14. The van der Waals surface area contributed by atoms with Gasteiger partial charge in [-0.3, -0.25) is 4.79 Å². The number of ether oxygens (including phenoxy) is 1. The van der Waals surface area contributed by atoms with Crippen molar-refractivity contribution < 1.29 is 9.53 Å². The second-order valence-corrected chi connectivity index (χ2v) is 4.52. The number of aromatic nitrogens is 2. The number of benzene rings is 2. The van der Waals surface area contributed by atoms with Gasteiger partial charge in [0.1, 0.15) is 5.75 Å². The lowest BCUT2D eigenvalue weighted by atomic mass is 10.1. The second kappa shape index (κ2) is 5.58. The maximum absolute atomic E-state index is 12.3. The van der Waals surface area contributed by atoms with Gasteiger partial charge in [0.25, 0.3) is 5.91 Å². The molecule has 0 spiro atoms. The molecule has 5 heteroatoms. The smallest absolute Gasteiger partial charge is 0.255 e. The van der Waals surface area contributed by atoms with Crippen molar-refractivity contribution in [2.45, 2.75) is 0 Å².